The summed E-state index contributed by atoms with van der Waals surface area (Å²) in [5.74, 6) is 0.0842. The lowest BCUT2D eigenvalue weighted by Crippen LogP contribution is -2.32. The van der Waals surface area contributed by atoms with E-state index in [0.29, 0.717) is 22.6 Å². The van der Waals surface area contributed by atoms with Crippen LogP contribution in [0.4, 0.5) is 0 Å². The molecule has 0 spiro atoms. The lowest BCUT2D eigenvalue weighted by molar-refractivity contribution is 0.0590. The highest BCUT2D eigenvalue weighted by atomic mass is 16.5. The second-order valence-electron chi connectivity index (χ2n) is 4.56. The number of amides is 2. The van der Waals surface area contributed by atoms with Crippen molar-refractivity contribution < 1.29 is 14.1 Å². The van der Waals surface area contributed by atoms with E-state index in [1.165, 1.54) is 4.90 Å². The fraction of sp³-hybridized carbons (Fsp3) is 0.214. The van der Waals surface area contributed by atoms with E-state index in [1.54, 1.807) is 44.2 Å². The summed E-state index contributed by atoms with van der Waals surface area (Å²) < 4.78 is 4.99. The van der Waals surface area contributed by atoms with Gasteiger partial charge in [0.25, 0.3) is 11.8 Å². The Morgan fingerprint density at radius 3 is 2.21 bits per heavy atom. The van der Waals surface area contributed by atoms with Crippen LogP contribution in [-0.2, 0) is 0 Å². The Balaban J connectivity index is 2.00. The first-order valence-electron chi connectivity index (χ1n) is 5.99. The Bertz CT molecular complexity index is 640. The molecule has 0 bridgehead atoms. The molecule has 0 N–H and O–H groups in total. The van der Waals surface area contributed by atoms with E-state index in [4.69, 9.17) is 4.52 Å². The molecule has 1 aliphatic heterocycles. The summed E-state index contributed by atoms with van der Waals surface area (Å²) in [4.78, 5) is 25.8. The molecule has 5 heteroatoms. The number of benzene rings is 1. The van der Waals surface area contributed by atoms with Gasteiger partial charge in [0.2, 0.25) is 0 Å². The Morgan fingerprint density at radius 1 is 1.16 bits per heavy atom. The van der Waals surface area contributed by atoms with Crippen molar-refractivity contribution in [1.29, 1.82) is 0 Å². The maximum Gasteiger partial charge on any atom is 0.262 e. The average Bonchev–Trinajstić information content (AvgIpc) is 2.94. The zero-order valence-electron chi connectivity index (χ0n) is 10.6. The van der Waals surface area contributed by atoms with Crippen LogP contribution in [0.2, 0.25) is 0 Å². The fourth-order valence-corrected chi connectivity index (χ4v) is 2.27. The number of nitrogens with zero attached hydrogens (tertiary/aromatic N) is 2. The lowest BCUT2D eigenvalue weighted by Gasteiger charge is -2.20. The Labute approximate surface area is 109 Å². The molecule has 19 heavy (non-hydrogen) atoms. The molecular formula is C14H12N2O3. The first-order chi connectivity index (χ1) is 9.09. The highest BCUT2D eigenvalue weighted by Crippen LogP contribution is 2.30. The van der Waals surface area contributed by atoms with Crippen molar-refractivity contribution in [2.24, 2.45) is 0 Å². The second kappa shape index (κ2) is 4.05. The van der Waals surface area contributed by atoms with Crippen LogP contribution in [0.3, 0.4) is 0 Å². The van der Waals surface area contributed by atoms with Crippen LogP contribution in [0.15, 0.2) is 34.9 Å². The third-order valence-electron chi connectivity index (χ3n) is 3.29. The van der Waals surface area contributed by atoms with Crippen molar-refractivity contribution >= 4 is 11.8 Å². The quantitative estimate of drug-likeness (QED) is 0.774. The van der Waals surface area contributed by atoms with Crippen molar-refractivity contribution in [3.8, 4) is 0 Å². The Kier molecular flexibility index (Phi) is 2.48. The third-order valence-corrected chi connectivity index (χ3v) is 3.29. The van der Waals surface area contributed by atoms with Gasteiger partial charge in [0.05, 0.1) is 17.2 Å². The van der Waals surface area contributed by atoms with Gasteiger partial charge >= 0.3 is 0 Å². The number of hydrogen-bond acceptors (Lipinski definition) is 4. The molecular weight excluding hydrogens is 244 g/mol. The predicted octanol–water partition coefficient (Wildman–Crippen LogP) is 2.34. The third kappa shape index (κ3) is 1.66. The molecule has 0 radical (unpaired) electrons. The number of carbonyl (C=O) groups is 2. The smallest absolute Gasteiger partial charge is 0.262 e. The van der Waals surface area contributed by atoms with Gasteiger partial charge in [-0.15, -0.1) is 0 Å². The molecule has 0 aliphatic carbocycles. The van der Waals surface area contributed by atoms with Crippen LogP contribution >= 0.6 is 0 Å². The van der Waals surface area contributed by atoms with Gasteiger partial charge in [0.15, 0.2) is 0 Å². The molecule has 3 rings (SSSR count). The van der Waals surface area contributed by atoms with E-state index < -0.39 is 6.04 Å². The molecule has 1 aromatic heterocycles. The van der Waals surface area contributed by atoms with Crippen molar-refractivity contribution in [3.63, 3.8) is 0 Å². The first kappa shape index (κ1) is 11.6. The van der Waals surface area contributed by atoms with E-state index in [9.17, 15) is 9.59 Å². The van der Waals surface area contributed by atoms with Crippen LogP contribution in [0.5, 0.6) is 0 Å². The van der Waals surface area contributed by atoms with Crippen molar-refractivity contribution in [1.82, 2.24) is 10.1 Å². The van der Waals surface area contributed by atoms with Crippen LogP contribution in [0.25, 0.3) is 0 Å². The maximum absolute atomic E-state index is 12.3. The van der Waals surface area contributed by atoms with Crippen molar-refractivity contribution in [2.45, 2.75) is 19.9 Å². The van der Waals surface area contributed by atoms with E-state index in [2.05, 4.69) is 5.16 Å². The van der Waals surface area contributed by atoms with Gasteiger partial charge in [-0.25, -0.2) is 0 Å². The fourth-order valence-electron chi connectivity index (χ4n) is 2.27. The standard InChI is InChI=1S/C14H12N2O3/c1-8-7-12(15-19-8)9(2)16-13(17)10-5-3-4-6-11(10)14(16)18/h3-7,9H,1-2H3. The number of hydrogen-bond donors (Lipinski definition) is 0. The summed E-state index contributed by atoms with van der Waals surface area (Å²) >= 11 is 0. The molecule has 0 fully saturated rings. The number of aryl methyl sites for hydroxylation is 1. The van der Waals surface area contributed by atoms with Crippen LogP contribution < -0.4 is 0 Å². The Morgan fingerprint density at radius 2 is 1.74 bits per heavy atom. The van der Waals surface area contributed by atoms with Gasteiger partial charge in [-0.3, -0.25) is 14.5 Å². The number of rotatable bonds is 2. The molecule has 1 atom stereocenters. The van der Waals surface area contributed by atoms with Gasteiger partial charge in [-0.1, -0.05) is 17.3 Å². The maximum atomic E-state index is 12.3. The predicted molar refractivity (Wildman–Crippen MR) is 66.6 cm³/mol. The van der Waals surface area contributed by atoms with Crippen LogP contribution in [0, 0.1) is 6.92 Å². The van der Waals surface area contributed by atoms with Gasteiger partial charge in [0.1, 0.15) is 11.5 Å². The molecule has 1 unspecified atom stereocenters. The molecule has 2 heterocycles. The highest BCUT2D eigenvalue weighted by molar-refractivity contribution is 6.21. The van der Waals surface area contributed by atoms with Crippen molar-refractivity contribution in [2.75, 3.05) is 0 Å². The van der Waals surface area contributed by atoms with Gasteiger partial charge in [-0.05, 0) is 26.0 Å². The van der Waals surface area contributed by atoms with E-state index >= 15 is 0 Å². The molecule has 2 amide bonds. The number of fused-ring (bicyclic) bond motifs is 1. The molecule has 2 aromatic rings. The zero-order valence-corrected chi connectivity index (χ0v) is 10.6. The normalized spacial score (nSPS) is 15.8. The summed E-state index contributed by atoms with van der Waals surface area (Å²) in [7, 11) is 0. The largest absolute Gasteiger partial charge is 0.361 e. The number of carbonyl (C=O) groups excluding carboxylic acids is 2. The SMILES string of the molecule is Cc1cc(C(C)N2C(=O)c3ccccc3C2=O)no1. The van der Waals surface area contributed by atoms with Gasteiger partial charge < -0.3 is 4.52 Å². The van der Waals surface area contributed by atoms with Crippen molar-refractivity contribution in [3.05, 3.63) is 52.9 Å². The van der Waals surface area contributed by atoms with Crippen LogP contribution in [0.1, 0.15) is 45.1 Å². The number of imide groups is 1. The number of aromatic nitrogens is 1. The molecule has 96 valence electrons. The molecule has 0 saturated carbocycles. The monoisotopic (exact) mass is 256 g/mol. The van der Waals surface area contributed by atoms with E-state index in [-0.39, 0.29) is 11.8 Å². The minimum Gasteiger partial charge on any atom is -0.361 e. The molecule has 0 saturated heterocycles. The van der Waals surface area contributed by atoms with Gasteiger partial charge in [0, 0.05) is 6.07 Å². The first-order valence-corrected chi connectivity index (χ1v) is 5.99. The van der Waals surface area contributed by atoms with Gasteiger partial charge in [-0.2, -0.15) is 0 Å². The molecule has 1 aliphatic rings. The summed E-state index contributed by atoms with van der Waals surface area (Å²) in [6.45, 7) is 3.53. The summed E-state index contributed by atoms with van der Waals surface area (Å²) in [5.41, 5.74) is 1.46. The van der Waals surface area contributed by atoms with Crippen LogP contribution in [-0.4, -0.2) is 21.9 Å². The summed E-state index contributed by atoms with van der Waals surface area (Å²) in [6, 6.07) is 8.11. The summed E-state index contributed by atoms with van der Waals surface area (Å²) in [5, 5.41) is 3.87. The molecule has 1 aromatic carbocycles. The summed E-state index contributed by atoms with van der Waals surface area (Å²) in [6.07, 6.45) is 0. The second-order valence-corrected chi connectivity index (χ2v) is 4.56. The lowest BCUT2D eigenvalue weighted by atomic mass is 10.1. The minimum absolute atomic E-state index is 0.284. The highest BCUT2D eigenvalue weighted by Gasteiger charge is 2.39. The molecule has 5 nitrogen and oxygen atoms in total. The minimum atomic E-state index is -0.440. The zero-order chi connectivity index (χ0) is 13.6. The average molecular weight is 256 g/mol. The Hall–Kier alpha value is -2.43. The topological polar surface area (TPSA) is 63.4 Å². The van der Waals surface area contributed by atoms with E-state index in [1.807, 2.05) is 0 Å². The van der Waals surface area contributed by atoms with E-state index in [0.717, 1.165) is 0 Å².